The smallest absolute Gasteiger partial charge is 0.0816 e. The number of rotatable bonds is 7. The van der Waals surface area contributed by atoms with Gasteiger partial charge in [-0.05, 0) is 49.9 Å². The van der Waals surface area contributed by atoms with E-state index in [0.29, 0.717) is 17.5 Å². The molecule has 0 saturated heterocycles. The summed E-state index contributed by atoms with van der Waals surface area (Å²) in [5, 5.41) is 13.0. The molecule has 21 heavy (non-hydrogen) atoms. The van der Waals surface area contributed by atoms with Crippen LogP contribution in [0.4, 0.5) is 0 Å². The first-order chi connectivity index (χ1) is 10.1. The van der Waals surface area contributed by atoms with Gasteiger partial charge in [-0.1, -0.05) is 35.9 Å². The number of likely N-dealkylation sites (N-methyl/N-ethyl adjacent to an activating group) is 1. The minimum absolute atomic E-state index is 0.460. The highest BCUT2D eigenvalue weighted by molar-refractivity contribution is 7.09. The van der Waals surface area contributed by atoms with Crippen LogP contribution >= 0.6 is 22.9 Å². The van der Waals surface area contributed by atoms with E-state index in [1.807, 2.05) is 24.3 Å². The van der Waals surface area contributed by atoms with E-state index < -0.39 is 6.10 Å². The van der Waals surface area contributed by atoms with Gasteiger partial charge in [0.1, 0.15) is 0 Å². The minimum atomic E-state index is -0.505. The van der Waals surface area contributed by atoms with Gasteiger partial charge in [-0.3, -0.25) is 0 Å². The van der Waals surface area contributed by atoms with E-state index in [0.717, 1.165) is 18.5 Å². The first-order valence-corrected chi connectivity index (χ1v) is 8.49. The molecule has 0 fully saturated rings. The van der Waals surface area contributed by atoms with Crippen LogP contribution < -0.4 is 0 Å². The van der Waals surface area contributed by atoms with Crippen molar-refractivity contribution in [1.82, 2.24) is 4.90 Å². The fourth-order valence-corrected chi connectivity index (χ4v) is 3.41. The third kappa shape index (κ3) is 4.82. The fraction of sp³-hybridized carbons (Fsp3) is 0.412. The van der Waals surface area contributed by atoms with Crippen LogP contribution in [0.15, 0.2) is 41.8 Å². The summed E-state index contributed by atoms with van der Waals surface area (Å²) in [6, 6.07) is 12.2. The van der Waals surface area contributed by atoms with Crippen molar-refractivity contribution in [3.8, 4) is 0 Å². The van der Waals surface area contributed by atoms with Gasteiger partial charge in [-0.2, -0.15) is 0 Å². The van der Waals surface area contributed by atoms with Gasteiger partial charge in [0.15, 0.2) is 0 Å². The molecule has 4 heteroatoms. The van der Waals surface area contributed by atoms with Crippen molar-refractivity contribution in [3.05, 3.63) is 57.2 Å². The van der Waals surface area contributed by atoms with Gasteiger partial charge in [0.25, 0.3) is 0 Å². The number of hydrogen-bond donors (Lipinski definition) is 1. The number of thiophene rings is 1. The normalized spacial score (nSPS) is 14.3. The standard InChI is InChI=1S/C17H22ClNOS/c1-13(12-14-6-5-11-21-14)19(2)10-9-17(20)15-7-3-4-8-16(15)18/h3-8,11,13,17,20H,9-10,12H2,1-2H3. The molecule has 0 spiro atoms. The summed E-state index contributed by atoms with van der Waals surface area (Å²) in [4.78, 5) is 3.70. The highest BCUT2D eigenvalue weighted by Crippen LogP contribution is 2.25. The van der Waals surface area contributed by atoms with Gasteiger partial charge in [0, 0.05) is 22.5 Å². The van der Waals surface area contributed by atoms with Crippen LogP contribution in [0.2, 0.25) is 5.02 Å². The molecule has 0 amide bonds. The Kier molecular flexibility index (Phi) is 6.24. The van der Waals surface area contributed by atoms with Crippen molar-refractivity contribution < 1.29 is 5.11 Å². The Morgan fingerprint density at radius 1 is 1.24 bits per heavy atom. The van der Waals surface area contributed by atoms with Crippen LogP contribution in [0.5, 0.6) is 0 Å². The van der Waals surface area contributed by atoms with E-state index >= 15 is 0 Å². The van der Waals surface area contributed by atoms with Crippen molar-refractivity contribution in [2.24, 2.45) is 0 Å². The molecule has 0 saturated carbocycles. The Hall–Kier alpha value is -0.870. The highest BCUT2D eigenvalue weighted by Gasteiger charge is 2.15. The molecule has 0 aliphatic heterocycles. The fourth-order valence-electron chi connectivity index (χ4n) is 2.32. The van der Waals surface area contributed by atoms with Crippen molar-refractivity contribution in [2.75, 3.05) is 13.6 Å². The number of aliphatic hydroxyl groups excluding tert-OH is 1. The van der Waals surface area contributed by atoms with Crippen molar-refractivity contribution in [1.29, 1.82) is 0 Å². The number of benzene rings is 1. The van der Waals surface area contributed by atoms with Gasteiger partial charge < -0.3 is 10.0 Å². The third-order valence-corrected chi connectivity index (χ3v) is 5.09. The molecule has 0 aliphatic carbocycles. The molecule has 1 aromatic carbocycles. The average molecular weight is 324 g/mol. The van der Waals surface area contributed by atoms with E-state index in [2.05, 4.69) is 36.4 Å². The SMILES string of the molecule is CC(Cc1cccs1)N(C)CCC(O)c1ccccc1Cl. The van der Waals surface area contributed by atoms with Crippen LogP contribution in [0.1, 0.15) is 29.9 Å². The summed E-state index contributed by atoms with van der Waals surface area (Å²) >= 11 is 7.92. The van der Waals surface area contributed by atoms with Gasteiger partial charge in [-0.25, -0.2) is 0 Å². The molecule has 2 nitrogen and oxygen atoms in total. The zero-order chi connectivity index (χ0) is 15.2. The summed E-state index contributed by atoms with van der Waals surface area (Å²) < 4.78 is 0. The van der Waals surface area contributed by atoms with Crippen molar-refractivity contribution in [3.63, 3.8) is 0 Å². The molecular formula is C17H22ClNOS. The molecule has 0 bridgehead atoms. The Labute approximate surface area is 136 Å². The molecule has 1 N–H and O–H groups in total. The Bertz CT molecular complexity index is 543. The number of halogens is 1. The molecular weight excluding hydrogens is 302 g/mol. The van der Waals surface area contributed by atoms with Crippen LogP contribution in [-0.4, -0.2) is 29.6 Å². The maximum atomic E-state index is 10.3. The molecule has 1 heterocycles. The maximum absolute atomic E-state index is 10.3. The lowest BCUT2D eigenvalue weighted by molar-refractivity contribution is 0.139. The third-order valence-electron chi connectivity index (χ3n) is 3.85. The second-order valence-corrected chi connectivity index (χ2v) is 6.88. The van der Waals surface area contributed by atoms with Crippen LogP contribution in [0, 0.1) is 0 Å². The Morgan fingerprint density at radius 3 is 2.67 bits per heavy atom. The van der Waals surface area contributed by atoms with Crippen LogP contribution in [0.25, 0.3) is 0 Å². The van der Waals surface area contributed by atoms with Gasteiger partial charge in [0.05, 0.1) is 6.10 Å². The maximum Gasteiger partial charge on any atom is 0.0816 e. The van der Waals surface area contributed by atoms with E-state index in [1.54, 1.807) is 11.3 Å². The molecule has 114 valence electrons. The number of nitrogens with zero attached hydrogens (tertiary/aromatic N) is 1. The summed E-state index contributed by atoms with van der Waals surface area (Å²) in [6.07, 6.45) is 1.24. The summed E-state index contributed by atoms with van der Waals surface area (Å²) in [6.45, 7) is 3.07. The topological polar surface area (TPSA) is 23.5 Å². The quantitative estimate of drug-likeness (QED) is 0.817. The molecule has 2 unspecified atom stereocenters. The van der Waals surface area contributed by atoms with E-state index in [4.69, 9.17) is 11.6 Å². The Morgan fingerprint density at radius 2 is 2.00 bits per heavy atom. The first kappa shape index (κ1) is 16.5. The van der Waals surface area contributed by atoms with Crippen molar-refractivity contribution in [2.45, 2.75) is 31.9 Å². The summed E-state index contributed by atoms with van der Waals surface area (Å²) in [5.74, 6) is 0. The Balaban J connectivity index is 1.83. The van der Waals surface area contributed by atoms with E-state index in [1.165, 1.54) is 4.88 Å². The van der Waals surface area contributed by atoms with E-state index in [-0.39, 0.29) is 0 Å². The second-order valence-electron chi connectivity index (χ2n) is 5.44. The van der Waals surface area contributed by atoms with Crippen molar-refractivity contribution >= 4 is 22.9 Å². The second kappa shape index (κ2) is 7.95. The average Bonchev–Trinajstić information content (AvgIpc) is 2.97. The van der Waals surface area contributed by atoms with Gasteiger partial charge >= 0.3 is 0 Å². The lowest BCUT2D eigenvalue weighted by Crippen LogP contribution is -2.32. The number of hydrogen-bond acceptors (Lipinski definition) is 3. The molecule has 1 aromatic heterocycles. The monoisotopic (exact) mass is 323 g/mol. The molecule has 2 rings (SSSR count). The minimum Gasteiger partial charge on any atom is -0.388 e. The van der Waals surface area contributed by atoms with Gasteiger partial charge in [-0.15, -0.1) is 11.3 Å². The molecule has 0 aliphatic rings. The largest absolute Gasteiger partial charge is 0.388 e. The predicted molar refractivity (Wildman–Crippen MR) is 91.1 cm³/mol. The van der Waals surface area contributed by atoms with E-state index in [9.17, 15) is 5.11 Å². The van der Waals surface area contributed by atoms with Crippen LogP contribution in [-0.2, 0) is 6.42 Å². The first-order valence-electron chi connectivity index (χ1n) is 7.23. The predicted octanol–water partition coefficient (Wildman–Crippen LogP) is 4.39. The zero-order valence-electron chi connectivity index (χ0n) is 12.5. The van der Waals surface area contributed by atoms with Gasteiger partial charge in [0.2, 0.25) is 0 Å². The summed E-state index contributed by atoms with van der Waals surface area (Å²) in [7, 11) is 2.11. The highest BCUT2D eigenvalue weighted by atomic mass is 35.5. The molecule has 2 aromatic rings. The number of aliphatic hydroxyl groups is 1. The summed E-state index contributed by atoms with van der Waals surface area (Å²) in [5.41, 5.74) is 0.818. The molecule has 2 atom stereocenters. The lowest BCUT2D eigenvalue weighted by atomic mass is 10.1. The lowest BCUT2D eigenvalue weighted by Gasteiger charge is -2.25. The molecule has 0 radical (unpaired) electrons. The zero-order valence-corrected chi connectivity index (χ0v) is 14.1. The van der Waals surface area contributed by atoms with Crippen LogP contribution in [0.3, 0.4) is 0 Å².